The van der Waals surface area contributed by atoms with E-state index in [0.717, 1.165) is 33.0 Å². The highest BCUT2D eigenvalue weighted by Gasteiger charge is 2.14. The van der Waals surface area contributed by atoms with E-state index in [1.165, 1.54) is 4.90 Å². The van der Waals surface area contributed by atoms with E-state index in [-0.39, 0.29) is 0 Å². The van der Waals surface area contributed by atoms with Gasteiger partial charge in [0.05, 0.1) is 0 Å². The van der Waals surface area contributed by atoms with Crippen molar-refractivity contribution in [2.45, 2.75) is 10.6 Å². The van der Waals surface area contributed by atoms with E-state index >= 15 is 0 Å². The van der Waals surface area contributed by atoms with Gasteiger partial charge in [-0.15, -0.1) is 11.8 Å². The van der Waals surface area contributed by atoms with Gasteiger partial charge in [-0.05, 0) is 35.9 Å². The minimum Gasteiger partial charge on any atom is -0.486 e. The van der Waals surface area contributed by atoms with E-state index in [4.69, 9.17) is 15.2 Å². The van der Waals surface area contributed by atoms with Gasteiger partial charge in [-0.2, -0.15) is 0 Å². The third-order valence-corrected chi connectivity index (χ3v) is 4.60. The summed E-state index contributed by atoms with van der Waals surface area (Å²) in [5.74, 6) is 2.34. The van der Waals surface area contributed by atoms with Crippen molar-refractivity contribution in [1.82, 2.24) is 0 Å². The molecular formula is C15H14BrNO2S. The Labute approximate surface area is 130 Å². The largest absolute Gasteiger partial charge is 0.486 e. The first-order valence-corrected chi connectivity index (χ1v) is 8.06. The Morgan fingerprint density at radius 3 is 2.40 bits per heavy atom. The van der Waals surface area contributed by atoms with E-state index in [0.29, 0.717) is 13.2 Å². The van der Waals surface area contributed by atoms with Crippen molar-refractivity contribution in [1.29, 1.82) is 0 Å². The zero-order valence-electron chi connectivity index (χ0n) is 10.8. The average molecular weight is 352 g/mol. The van der Waals surface area contributed by atoms with Crippen LogP contribution in [0, 0.1) is 0 Å². The zero-order chi connectivity index (χ0) is 13.9. The zero-order valence-corrected chi connectivity index (χ0v) is 13.2. The molecule has 0 unspecified atom stereocenters. The van der Waals surface area contributed by atoms with Crippen LogP contribution >= 0.6 is 27.7 Å². The van der Waals surface area contributed by atoms with Crippen molar-refractivity contribution in [3.8, 4) is 11.5 Å². The molecule has 0 atom stereocenters. The summed E-state index contributed by atoms with van der Waals surface area (Å²) in [6.07, 6.45) is 0. The number of rotatable bonds is 3. The molecule has 0 saturated carbocycles. The highest BCUT2D eigenvalue weighted by atomic mass is 79.9. The molecule has 0 fully saturated rings. The number of ether oxygens (including phenoxy) is 2. The van der Waals surface area contributed by atoms with Crippen LogP contribution in [0.2, 0.25) is 0 Å². The SMILES string of the molecule is Nc1cc2c(cc1CSc1ccc(Br)cc1)OCCO2. The minimum absolute atomic E-state index is 0.583. The molecule has 1 aliphatic heterocycles. The van der Waals surface area contributed by atoms with Gasteiger partial charge in [0.25, 0.3) is 0 Å². The predicted molar refractivity (Wildman–Crippen MR) is 85.5 cm³/mol. The summed E-state index contributed by atoms with van der Waals surface area (Å²) >= 11 is 5.18. The first kappa shape index (κ1) is 13.6. The molecule has 3 nitrogen and oxygen atoms in total. The second-order valence-electron chi connectivity index (χ2n) is 4.44. The van der Waals surface area contributed by atoms with Crippen LogP contribution in [0.5, 0.6) is 11.5 Å². The van der Waals surface area contributed by atoms with E-state index in [1.54, 1.807) is 11.8 Å². The lowest BCUT2D eigenvalue weighted by molar-refractivity contribution is 0.171. The third kappa shape index (κ3) is 3.04. The van der Waals surface area contributed by atoms with Gasteiger partial charge in [0.2, 0.25) is 0 Å². The second-order valence-corrected chi connectivity index (χ2v) is 6.40. The van der Waals surface area contributed by atoms with Gasteiger partial charge < -0.3 is 15.2 Å². The number of hydrogen-bond donors (Lipinski definition) is 1. The van der Waals surface area contributed by atoms with Crippen molar-refractivity contribution in [2.24, 2.45) is 0 Å². The molecule has 0 aromatic heterocycles. The minimum atomic E-state index is 0.583. The molecule has 0 radical (unpaired) electrons. The Kier molecular flexibility index (Phi) is 4.08. The van der Waals surface area contributed by atoms with Crippen LogP contribution in [0.4, 0.5) is 5.69 Å². The Morgan fingerprint density at radius 2 is 1.70 bits per heavy atom. The molecule has 0 saturated heterocycles. The summed E-state index contributed by atoms with van der Waals surface area (Å²) < 4.78 is 12.2. The predicted octanol–water partition coefficient (Wildman–Crippen LogP) is 4.09. The lowest BCUT2D eigenvalue weighted by Crippen LogP contribution is -2.15. The van der Waals surface area contributed by atoms with Crippen LogP contribution in [0.1, 0.15) is 5.56 Å². The maximum absolute atomic E-state index is 6.08. The number of nitrogens with two attached hydrogens (primary N) is 1. The van der Waals surface area contributed by atoms with Crippen LogP contribution in [0.3, 0.4) is 0 Å². The fourth-order valence-corrected chi connectivity index (χ4v) is 3.13. The van der Waals surface area contributed by atoms with Gasteiger partial charge in [-0.1, -0.05) is 15.9 Å². The van der Waals surface area contributed by atoms with Gasteiger partial charge >= 0.3 is 0 Å². The normalized spacial score (nSPS) is 13.2. The van der Waals surface area contributed by atoms with Gasteiger partial charge in [-0.3, -0.25) is 0 Å². The number of fused-ring (bicyclic) bond motifs is 1. The molecular weight excluding hydrogens is 338 g/mol. The maximum atomic E-state index is 6.08. The first-order valence-electron chi connectivity index (χ1n) is 6.29. The highest BCUT2D eigenvalue weighted by molar-refractivity contribution is 9.10. The van der Waals surface area contributed by atoms with E-state index in [2.05, 4.69) is 28.1 Å². The van der Waals surface area contributed by atoms with Gasteiger partial charge in [0, 0.05) is 26.9 Å². The molecule has 5 heteroatoms. The molecule has 1 aliphatic rings. The van der Waals surface area contributed by atoms with Crippen LogP contribution in [-0.4, -0.2) is 13.2 Å². The number of hydrogen-bond acceptors (Lipinski definition) is 4. The van der Waals surface area contributed by atoms with E-state index in [1.807, 2.05) is 24.3 Å². The van der Waals surface area contributed by atoms with Crippen molar-refractivity contribution >= 4 is 33.4 Å². The average Bonchev–Trinajstić information content (AvgIpc) is 2.47. The lowest BCUT2D eigenvalue weighted by atomic mass is 10.2. The van der Waals surface area contributed by atoms with Gasteiger partial charge in [-0.25, -0.2) is 0 Å². The molecule has 3 rings (SSSR count). The number of halogens is 1. The molecule has 104 valence electrons. The van der Waals surface area contributed by atoms with Crippen LogP contribution in [0.15, 0.2) is 45.8 Å². The quantitative estimate of drug-likeness (QED) is 0.667. The molecule has 0 aliphatic carbocycles. The fraction of sp³-hybridized carbons (Fsp3) is 0.200. The Morgan fingerprint density at radius 1 is 1.05 bits per heavy atom. The fourth-order valence-electron chi connectivity index (χ4n) is 1.96. The summed E-state index contributed by atoms with van der Waals surface area (Å²) in [6, 6.07) is 12.1. The number of nitrogen functional groups attached to an aromatic ring is 1. The third-order valence-electron chi connectivity index (χ3n) is 3.01. The summed E-state index contributed by atoms with van der Waals surface area (Å²) in [6.45, 7) is 1.18. The van der Waals surface area contributed by atoms with Crippen LogP contribution < -0.4 is 15.2 Å². The summed E-state index contributed by atoms with van der Waals surface area (Å²) in [5.41, 5.74) is 7.90. The highest BCUT2D eigenvalue weighted by Crippen LogP contribution is 2.36. The lowest BCUT2D eigenvalue weighted by Gasteiger charge is -2.20. The molecule has 2 N–H and O–H groups in total. The topological polar surface area (TPSA) is 44.5 Å². The van der Waals surface area contributed by atoms with E-state index in [9.17, 15) is 0 Å². The maximum Gasteiger partial charge on any atom is 0.163 e. The Hall–Kier alpha value is -1.33. The molecule has 0 spiro atoms. The molecule has 1 heterocycles. The summed E-state index contributed by atoms with van der Waals surface area (Å²) in [4.78, 5) is 1.21. The van der Waals surface area contributed by atoms with Crippen molar-refractivity contribution < 1.29 is 9.47 Å². The second kappa shape index (κ2) is 5.97. The first-order chi connectivity index (χ1) is 9.72. The molecule has 20 heavy (non-hydrogen) atoms. The van der Waals surface area contributed by atoms with Crippen molar-refractivity contribution in [3.05, 3.63) is 46.4 Å². The monoisotopic (exact) mass is 351 g/mol. The molecule has 2 aromatic carbocycles. The van der Waals surface area contributed by atoms with E-state index < -0.39 is 0 Å². The Bertz CT molecular complexity index is 616. The standard InChI is InChI=1S/C15H14BrNO2S/c16-11-1-3-12(4-2-11)20-9-10-7-14-15(8-13(10)17)19-6-5-18-14/h1-4,7-8H,5-6,9,17H2. The smallest absolute Gasteiger partial charge is 0.163 e. The number of anilines is 1. The Balaban J connectivity index is 1.75. The van der Waals surface area contributed by atoms with Crippen LogP contribution in [0.25, 0.3) is 0 Å². The van der Waals surface area contributed by atoms with Crippen molar-refractivity contribution in [3.63, 3.8) is 0 Å². The van der Waals surface area contributed by atoms with Gasteiger partial charge in [0.15, 0.2) is 11.5 Å². The number of benzene rings is 2. The number of thioether (sulfide) groups is 1. The molecule has 0 bridgehead atoms. The van der Waals surface area contributed by atoms with Crippen molar-refractivity contribution in [2.75, 3.05) is 18.9 Å². The summed E-state index contributed by atoms with van der Waals surface area (Å²) in [7, 11) is 0. The van der Waals surface area contributed by atoms with Gasteiger partial charge in [0.1, 0.15) is 13.2 Å². The summed E-state index contributed by atoms with van der Waals surface area (Å²) in [5, 5.41) is 0. The van der Waals surface area contributed by atoms with Crippen LogP contribution in [-0.2, 0) is 5.75 Å². The molecule has 0 amide bonds. The molecule has 2 aromatic rings.